The molecule has 150 valence electrons. The average Bonchev–Trinajstić information content (AvgIpc) is 2.77. The molecule has 0 unspecified atom stereocenters. The minimum absolute atomic E-state index is 0.273. The van der Waals surface area contributed by atoms with Crippen LogP contribution in [0.5, 0.6) is 17.2 Å². The van der Waals surface area contributed by atoms with E-state index in [1.54, 1.807) is 25.3 Å². The second-order valence-electron chi connectivity index (χ2n) is 6.45. The van der Waals surface area contributed by atoms with E-state index in [-0.39, 0.29) is 5.91 Å². The Balaban J connectivity index is 1.63. The zero-order chi connectivity index (χ0) is 20.5. The Morgan fingerprint density at radius 1 is 0.862 bits per heavy atom. The molecule has 0 aliphatic rings. The van der Waals surface area contributed by atoms with Gasteiger partial charge < -0.3 is 19.5 Å². The second-order valence-corrected chi connectivity index (χ2v) is 6.45. The molecule has 5 nitrogen and oxygen atoms in total. The van der Waals surface area contributed by atoms with E-state index < -0.39 is 0 Å². The Hall–Kier alpha value is -3.47. The summed E-state index contributed by atoms with van der Waals surface area (Å²) < 4.78 is 16.4. The van der Waals surface area contributed by atoms with E-state index in [1.807, 2.05) is 42.5 Å². The Labute approximate surface area is 171 Å². The highest BCUT2D eigenvalue weighted by molar-refractivity contribution is 6.07. The number of para-hydroxylation sites is 2. The molecule has 0 aromatic heterocycles. The lowest BCUT2D eigenvalue weighted by Crippen LogP contribution is -2.14. The Kier molecular flexibility index (Phi) is 7.11. The molecule has 0 heterocycles. The summed E-state index contributed by atoms with van der Waals surface area (Å²) in [6, 6.07) is 22.8. The molecular formula is C24H25NO4. The molecule has 0 bridgehead atoms. The van der Waals surface area contributed by atoms with Crippen LogP contribution in [-0.4, -0.2) is 26.7 Å². The van der Waals surface area contributed by atoms with Crippen LogP contribution in [0.25, 0.3) is 0 Å². The molecule has 0 aliphatic carbocycles. The highest BCUT2D eigenvalue weighted by atomic mass is 16.5. The van der Waals surface area contributed by atoms with Crippen LogP contribution in [0.2, 0.25) is 0 Å². The van der Waals surface area contributed by atoms with Crippen molar-refractivity contribution in [2.24, 2.45) is 0 Å². The van der Waals surface area contributed by atoms with E-state index in [0.29, 0.717) is 35.1 Å². The third-order valence-electron chi connectivity index (χ3n) is 4.50. The Bertz CT molecular complexity index is 941. The van der Waals surface area contributed by atoms with Gasteiger partial charge in [0.25, 0.3) is 5.91 Å². The molecule has 29 heavy (non-hydrogen) atoms. The van der Waals surface area contributed by atoms with E-state index in [1.165, 1.54) is 12.7 Å². The van der Waals surface area contributed by atoms with Gasteiger partial charge in [0, 0.05) is 6.07 Å². The normalized spacial score (nSPS) is 10.3. The number of hydrogen-bond donors (Lipinski definition) is 1. The molecule has 1 amide bonds. The van der Waals surface area contributed by atoms with Crippen molar-refractivity contribution in [3.8, 4) is 17.2 Å². The van der Waals surface area contributed by atoms with Gasteiger partial charge in [0.05, 0.1) is 32.1 Å². The lowest BCUT2D eigenvalue weighted by molar-refractivity contribution is 0.102. The van der Waals surface area contributed by atoms with Crippen LogP contribution < -0.4 is 19.5 Å². The molecule has 5 heteroatoms. The summed E-state index contributed by atoms with van der Waals surface area (Å²) in [5.74, 6) is 1.44. The number of carbonyl (C=O) groups excluding carboxylic acids is 1. The lowest BCUT2D eigenvalue weighted by atomic mass is 10.1. The number of amides is 1. The molecule has 0 spiro atoms. The molecule has 3 aromatic carbocycles. The van der Waals surface area contributed by atoms with Crippen LogP contribution in [0.1, 0.15) is 22.3 Å². The molecule has 0 fully saturated rings. The summed E-state index contributed by atoms with van der Waals surface area (Å²) in [5, 5.41) is 2.91. The third-order valence-corrected chi connectivity index (χ3v) is 4.50. The van der Waals surface area contributed by atoms with E-state index in [0.717, 1.165) is 12.8 Å². The Morgan fingerprint density at radius 2 is 1.62 bits per heavy atom. The van der Waals surface area contributed by atoms with Crippen LogP contribution in [0, 0.1) is 0 Å². The van der Waals surface area contributed by atoms with E-state index in [9.17, 15) is 4.79 Å². The van der Waals surface area contributed by atoms with Gasteiger partial charge >= 0.3 is 0 Å². The number of anilines is 1. The number of rotatable bonds is 9. The fourth-order valence-electron chi connectivity index (χ4n) is 2.97. The van der Waals surface area contributed by atoms with Crippen molar-refractivity contribution in [2.45, 2.75) is 12.8 Å². The highest BCUT2D eigenvalue weighted by Crippen LogP contribution is 2.28. The summed E-state index contributed by atoms with van der Waals surface area (Å²) in [6.45, 7) is 0.563. The number of aryl methyl sites for hydroxylation is 1. The van der Waals surface area contributed by atoms with Gasteiger partial charge in [-0.25, -0.2) is 0 Å². The maximum absolute atomic E-state index is 12.8. The minimum Gasteiger partial charge on any atom is -0.497 e. The number of hydrogen-bond acceptors (Lipinski definition) is 4. The van der Waals surface area contributed by atoms with Crippen LogP contribution in [-0.2, 0) is 6.42 Å². The van der Waals surface area contributed by atoms with Gasteiger partial charge in [-0.3, -0.25) is 4.79 Å². The summed E-state index contributed by atoms with van der Waals surface area (Å²) in [6.07, 6.45) is 1.83. The summed E-state index contributed by atoms with van der Waals surface area (Å²) in [7, 11) is 3.09. The predicted molar refractivity (Wildman–Crippen MR) is 114 cm³/mol. The van der Waals surface area contributed by atoms with Crippen molar-refractivity contribution in [1.29, 1.82) is 0 Å². The van der Waals surface area contributed by atoms with E-state index in [2.05, 4.69) is 17.4 Å². The zero-order valence-corrected chi connectivity index (χ0v) is 16.7. The molecular weight excluding hydrogens is 366 g/mol. The van der Waals surface area contributed by atoms with Gasteiger partial charge in [0.1, 0.15) is 17.2 Å². The number of nitrogens with one attached hydrogen (secondary N) is 1. The summed E-state index contributed by atoms with van der Waals surface area (Å²) in [5.41, 5.74) is 2.33. The minimum atomic E-state index is -0.273. The van der Waals surface area contributed by atoms with Crippen molar-refractivity contribution in [1.82, 2.24) is 0 Å². The molecule has 0 saturated heterocycles. The first-order valence-electron chi connectivity index (χ1n) is 9.50. The average molecular weight is 391 g/mol. The quantitative estimate of drug-likeness (QED) is 0.524. The molecule has 1 N–H and O–H groups in total. The number of ether oxygens (including phenoxy) is 3. The van der Waals surface area contributed by atoms with Gasteiger partial charge in [-0.15, -0.1) is 0 Å². The van der Waals surface area contributed by atoms with Crippen molar-refractivity contribution < 1.29 is 19.0 Å². The fourth-order valence-corrected chi connectivity index (χ4v) is 2.97. The summed E-state index contributed by atoms with van der Waals surface area (Å²) >= 11 is 0. The Morgan fingerprint density at radius 3 is 2.38 bits per heavy atom. The molecule has 0 radical (unpaired) electrons. The SMILES string of the molecule is COc1ccc(C(=O)Nc2ccccc2OCCCc2ccccc2)c(OC)c1. The van der Waals surface area contributed by atoms with Gasteiger partial charge in [-0.05, 0) is 42.7 Å². The maximum atomic E-state index is 12.8. The van der Waals surface area contributed by atoms with Crippen molar-refractivity contribution in [2.75, 3.05) is 26.1 Å². The first kappa shape index (κ1) is 20.3. The number of benzene rings is 3. The van der Waals surface area contributed by atoms with Crippen molar-refractivity contribution >= 4 is 11.6 Å². The summed E-state index contributed by atoms with van der Waals surface area (Å²) in [4.78, 5) is 12.8. The zero-order valence-electron chi connectivity index (χ0n) is 16.7. The largest absolute Gasteiger partial charge is 0.497 e. The van der Waals surface area contributed by atoms with Gasteiger partial charge in [-0.2, -0.15) is 0 Å². The van der Waals surface area contributed by atoms with E-state index in [4.69, 9.17) is 14.2 Å². The molecule has 3 aromatic rings. The van der Waals surface area contributed by atoms with Gasteiger partial charge in [0.2, 0.25) is 0 Å². The molecule has 3 rings (SSSR count). The predicted octanol–water partition coefficient (Wildman–Crippen LogP) is 4.97. The molecule has 0 aliphatic heterocycles. The topological polar surface area (TPSA) is 56.8 Å². The van der Waals surface area contributed by atoms with Gasteiger partial charge in [0.15, 0.2) is 0 Å². The van der Waals surface area contributed by atoms with E-state index >= 15 is 0 Å². The van der Waals surface area contributed by atoms with Crippen LogP contribution in [0.3, 0.4) is 0 Å². The highest BCUT2D eigenvalue weighted by Gasteiger charge is 2.15. The monoisotopic (exact) mass is 391 g/mol. The fraction of sp³-hybridized carbons (Fsp3) is 0.208. The maximum Gasteiger partial charge on any atom is 0.259 e. The lowest BCUT2D eigenvalue weighted by Gasteiger charge is -2.14. The second kappa shape index (κ2) is 10.2. The van der Waals surface area contributed by atoms with Crippen molar-refractivity contribution in [3.63, 3.8) is 0 Å². The van der Waals surface area contributed by atoms with Crippen molar-refractivity contribution in [3.05, 3.63) is 83.9 Å². The first-order chi connectivity index (χ1) is 14.2. The first-order valence-corrected chi connectivity index (χ1v) is 9.50. The third kappa shape index (κ3) is 5.51. The van der Waals surface area contributed by atoms with Crippen LogP contribution >= 0.6 is 0 Å². The molecule has 0 atom stereocenters. The number of methoxy groups -OCH3 is 2. The smallest absolute Gasteiger partial charge is 0.259 e. The number of carbonyl (C=O) groups is 1. The standard InChI is InChI=1S/C24H25NO4/c1-27-19-14-15-20(23(17-19)28-2)24(26)25-21-12-6-7-13-22(21)29-16-8-11-18-9-4-3-5-10-18/h3-7,9-10,12-15,17H,8,11,16H2,1-2H3,(H,25,26). The van der Waals surface area contributed by atoms with Gasteiger partial charge in [-0.1, -0.05) is 42.5 Å². The van der Waals surface area contributed by atoms with Crippen LogP contribution in [0.15, 0.2) is 72.8 Å². The van der Waals surface area contributed by atoms with Crippen LogP contribution in [0.4, 0.5) is 5.69 Å². The molecule has 0 saturated carbocycles.